The van der Waals surface area contributed by atoms with Crippen LogP contribution in [0.5, 0.6) is 0 Å². The second kappa shape index (κ2) is 7.08. The van der Waals surface area contributed by atoms with Crippen LogP contribution in [0.25, 0.3) is 0 Å². The Morgan fingerprint density at radius 2 is 1.58 bits per heavy atom. The molecular weight excluding hydrogens is 232 g/mol. The standard InChI is InChI=1S/C17H34N2/c1-13(2)16-7-5-6-8-17(16)18-14(3)15-9-11-19(4)12-10-15/h13-18H,5-12H2,1-4H3. The summed E-state index contributed by atoms with van der Waals surface area (Å²) in [5, 5.41) is 4.02. The third kappa shape index (κ3) is 4.19. The molecule has 0 bridgehead atoms. The van der Waals surface area contributed by atoms with Gasteiger partial charge in [-0.15, -0.1) is 0 Å². The molecule has 3 atom stereocenters. The average molecular weight is 266 g/mol. The fourth-order valence-corrected chi connectivity index (χ4v) is 4.17. The molecule has 1 aliphatic carbocycles. The smallest absolute Gasteiger partial charge is 0.0100 e. The summed E-state index contributed by atoms with van der Waals surface area (Å²) in [6.45, 7) is 9.82. The van der Waals surface area contributed by atoms with Gasteiger partial charge >= 0.3 is 0 Å². The number of nitrogens with zero attached hydrogens (tertiary/aromatic N) is 1. The van der Waals surface area contributed by atoms with Crippen molar-refractivity contribution in [2.24, 2.45) is 17.8 Å². The Labute approximate surface area is 120 Å². The first-order chi connectivity index (χ1) is 9.08. The lowest BCUT2D eigenvalue weighted by Crippen LogP contribution is -2.49. The van der Waals surface area contributed by atoms with E-state index in [1.807, 2.05) is 0 Å². The van der Waals surface area contributed by atoms with E-state index in [4.69, 9.17) is 0 Å². The van der Waals surface area contributed by atoms with Crippen molar-refractivity contribution in [3.05, 3.63) is 0 Å². The highest BCUT2D eigenvalue weighted by Gasteiger charge is 2.30. The summed E-state index contributed by atoms with van der Waals surface area (Å²) in [6.07, 6.45) is 8.48. The van der Waals surface area contributed by atoms with Crippen LogP contribution in [0.1, 0.15) is 59.3 Å². The number of hydrogen-bond donors (Lipinski definition) is 1. The van der Waals surface area contributed by atoms with Crippen LogP contribution in [0, 0.1) is 17.8 Å². The van der Waals surface area contributed by atoms with Crippen molar-refractivity contribution in [3.63, 3.8) is 0 Å². The minimum atomic E-state index is 0.707. The number of hydrogen-bond acceptors (Lipinski definition) is 2. The molecule has 0 aromatic rings. The minimum absolute atomic E-state index is 0.707. The first kappa shape index (κ1) is 15.3. The molecule has 1 N–H and O–H groups in total. The normalized spacial score (nSPS) is 32.7. The van der Waals surface area contributed by atoms with Crippen LogP contribution in [-0.4, -0.2) is 37.1 Å². The van der Waals surface area contributed by atoms with E-state index in [0.717, 1.165) is 23.8 Å². The van der Waals surface area contributed by atoms with Crippen LogP contribution in [0.4, 0.5) is 0 Å². The lowest BCUT2D eigenvalue weighted by atomic mass is 9.77. The predicted molar refractivity (Wildman–Crippen MR) is 83.4 cm³/mol. The zero-order valence-corrected chi connectivity index (χ0v) is 13.5. The Morgan fingerprint density at radius 3 is 2.21 bits per heavy atom. The zero-order chi connectivity index (χ0) is 13.8. The molecule has 1 aliphatic heterocycles. The van der Waals surface area contributed by atoms with Crippen LogP contribution < -0.4 is 5.32 Å². The van der Waals surface area contributed by atoms with Crippen molar-refractivity contribution < 1.29 is 0 Å². The SMILES string of the molecule is CC(C)C1CCCCC1NC(C)C1CCN(C)CC1. The summed E-state index contributed by atoms with van der Waals surface area (Å²) in [5.74, 6) is 2.64. The van der Waals surface area contributed by atoms with Crippen LogP contribution in [-0.2, 0) is 0 Å². The summed E-state index contributed by atoms with van der Waals surface area (Å²) in [5.41, 5.74) is 0. The van der Waals surface area contributed by atoms with Crippen molar-refractivity contribution in [2.75, 3.05) is 20.1 Å². The van der Waals surface area contributed by atoms with Crippen LogP contribution >= 0.6 is 0 Å². The molecule has 112 valence electrons. The second-order valence-electron chi connectivity index (χ2n) is 7.39. The maximum absolute atomic E-state index is 4.02. The molecule has 2 heteroatoms. The number of piperidine rings is 1. The van der Waals surface area contributed by atoms with Crippen molar-refractivity contribution >= 4 is 0 Å². The van der Waals surface area contributed by atoms with Gasteiger partial charge in [0.2, 0.25) is 0 Å². The van der Waals surface area contributed by atoms with E-state index >= 15 is 0 Å². The van der Waals surface area contributed by atoms with Gasteiger partial charge < -0.3 is 10.2 Å². The number of rotatable bonds is 4. The molecule has 0 radical (unpaired) electrons. The molecule has 2 aliphatic rings. The zero-order valence-electron chi connectivity index (χ0n) is 13.5. The number of likely N-dealkylation sites (tertiary alicyclic amines) is 1. The summed E-state index contributed by atoms with van der Waals surface area (Å²) >= 11 is 0. The van der Waals surface area contributed by atoms with Crippen molar-refractivity contribution in [3.8, 4) is 0 Å². The molecule has 2 fully saturated rings. The lowest BCUT2D eigenvalue weighted by Gasteiger charge is -2.40. The molecule has 0 amide bonds. The summed E-state index contributed by atoms with van der Waals surface area (Å²) in [7, 11) is 2.25. The molecule has 1 saturated heterocycles. The van der Waals surface area contributed by atoms with E-state index in [2.05, 4.69) is 38.0 Å². The van der Waals surface area contributed by atoms with Gasteiger partial charge in [-0.3, -0.25) is 0 Å². The van der Waals surface area contributed by atoms with Gasteiger partial charge in [0.25, 0.3) is 0 Å². The summed E-state index contributed by atoms with van der Waals surface area (Å²) < 4.78 is 0. The van der Waals surface area contributed by atoms with E-state index in [1.54, 1.807) is 0 Å². The molecule has 2 rings (SSSR count). The maximum atomic E-state index is 4.02. The van der Waals surface area contributed by atoms with Gasteiger partial charge in [-0.05, 0) is 70.5 Å². The molecule has 0 aromatic carbocycles. The minimum Gasteiger partial charge on any atom is -0.311 e. The van der Waals surface area contributed by atoms with E-state index < -0.39 is 0 Å². The lowest BCUT2D eigenvalue weighted by molar-refractivity contribution is 0.147. The van der Waals surface area contributed by atoms with Crippen LogP contribution in [0.3, 0.4) is 0 Å². The first-order valence-electron chi connectivity index (χ1n) is 8.52. The Balaban J connectivity index is 1.84. The largest absolute Gasteiger partial charge is 0.311 e. The highest BCUT2D eigenvalue weighted by atomic mass is 15.1. The predicted octanol–water partition coefficient (Wildman–Crippen LogP) is 3.52. The van der Waals surface area contributed by atoms with Gasteiger partial charge in [0, 0.05) is 12.1 Å². The summed E-state index contributed by atoms with van der Waals surface area (Å²) in [6, 6.07) is 1.49. The van der Waals surface area contributed by atoms with Crippen molar-refractivity contribution in [1.82, 2.24) is 10.2 Å². The van der Waals surface area contributed by atoms with E-state index in [-0.39, 0.29) is 0 Å². The Hall–Kier alpha value is -0.0800. The van der Waals surface area contributed by atoms with E-state index in [1.165, 1.54) is 51.6 Å². The second-order valence-corrected chi connectivity index (χ2v) is 7.39. The van der Waals surface area contributed by atoms with Crippen LogP contribution in [0.2, 0.25) is 0 Å². The maximum Gasteiger partial charge on any atom is 0.0100 e. The van der Waals surface area contributed by atoms with Gasteiger partial charge in [0.1, 0.15) is 0 Å². The third-order valence-electron chi connectivity index (χ3n) is 5.62. The molecule has 3 unspecified atom stereocenters. The molecule has 1 heterocycles. The monoisotopic (exact) mass is 266 g/mol. The Bertz CT molecular complexity index is 256. The fourth-order valence-electron chi connectivity index (χ4n) is 4.17. The van der Waals surface area contributed by atoms with Gasteiger partial charge in [-0.25, -0.2) is 0 Å². The molecule has 1 saturated carbocycles. The molecule has 19 heavy (non-hydrogen) atoms. The average Bonchev–Trinajstić information content (AvgIpc) is 2.39. The fraction of sp³-hybridized carbons (Fsp3) is 1.00. The topological polar surface area (TPSA) is 15.3 Å². The quantitative estimate of drug-likeness (QED) is 0.837. The molecule has 0 spiro atoms. The van der Waals surface area contributed by atoms with Gasteiger partial charge in [0.05, 0.1) is 0 Å². The van der Waals surface area contributed by atoms with Gasteiger partial charge in [-0.2, -0.15) is 0 Å². The molecular formula is C17H34N2. The summed E-state index contributed by atoms with van der Waals surface area (Å²) in [4.78, 5) is 2.47. The Kier molecular flexibility index (Phi) is 5.70. The van der Waals surface area contributed by atoms with Gasteiger partial charge in [-0.1, -0.05) is 26.7 Å². The van der Waals surface area contributed by atoms with Crippen LogP contribution in [0.15, 0.2) is 0 Å². The Morgan fingerprint density at radius 1 is 0.947 bits per heavy atom. The highest BCUT2D eigenvalue weighted by molar-refractivity contribution is 4.87. The van der Waals surface area contributed by atoms with E-state index in [9.17, 15) is 0 Å². The van der Waals surface area contributed by atoms with Gasteiger partial charge in [0.15, 0.2) is 0 Å². The molecule has 0 aromatic heterocycles. The number of nitrogens with one attached hydrogen (secondary N) is 1. The first-order valence-corrected chi connectivity index (χ1v) is 8.52. The third-order valence-corrected chi connectivity index (χ3v) is 5.62. The molecule has 2 nitrogen and oxygen atoms in total. The highest BCUT2D eigenvalue weighted by Crippen LogP contribution is 2.31. The van der Waals surface area contributed by atoms with Crippen molar-refractivity contribution in [2.45, 2.75) is 71.4 Å². The van der Waals surface area contributed by atoms with E-state index in [0.29, 0.717) is 6.04 Å². The van der Waals surface area contributed by atoms with Crippen molar-refractivity contribution in [1.29, 1.82) is 0 Å².